The van der Waals surface area contributed by atoms with E-state index in [1.54, 1.807) is 6.92 Å². The third-order valence-electron chi connectivity index (χ3n) is 6.16. The summed E-state index contributed by atoms with van der Waals surface area (Å²) in [6, 6.07) is 0. The maximum Gasteiger partial charge on any atom is 0.508 e. The van der Waals surface area contributed by atoms with Gasteiger partial charge in [0.25, 0.3) is 0 Å². The molecule has 0 aromatic rings. The third kappa shape index (κ3) is 11.2. The molecule has 0 spiro atoms. The minimum Gasteiger partial charge on any atom is -0.435 e. The molecule has 184 valence electrons. The molecule has 0 radical (unpaired) electrons. The van der Waals surface area contributed by atoms with E-state index in [0.29, 0.717) is 31.5 Å². The molecule has 1 aliphatic rings. The molecule has 0 amide bonds. The van der Waals surface area contributed by atoms with E-state index in [2.05, 4.69) is 17.7 Å². The minimum absolute atomic E-state index is 0.0312. The van der Waals surface area contributed by atoms with Gasteiger partial charge in [-0.05, 0) is 44.9 Å². The van der Waals surface area contributed by atoms with E-state index in [1.165, 1.54) is 0 Å². The van der Waals surface area contributed by atoms with Crippen LogP contribution in [0.5, 0.6) is 0 Å². The maximum atomic E-state index is 12.3. The van der Waals surface area contributed by atoms with Crippen LogP contribution in [-0.2, 0) is 19.1 Å². The molecule has 7 heteroatoms. The topological polar surface area (TPSA) is 110 Å². The number of allylic oxidation sites excluding steroid dienone is 1. The molecule has 0 aromatic heterocycles. The Balaban J connectivity index is 2.27. The normalized spacial score (nSPS) is 20.4. The van der Waals surface area contributed by atoms with Crippen LogP contribution >= 0.6 is 0 Å². The lowest BCUT2D eigenvalue weighted by atomic mass is 9.88. The van der Waals surface area contributed by atoms with Gasteiger partial charge in [-0.2, -0.15) is 0 Å². The Morgan fingerprint density at radius 3 is 2.56 bits per heavy atom. The largest absolute Gasteiger partial charge is 0.508 e. The molecule has 2 N–H and O–H groups in total. The van der Waals surface area contributed by atoms with E-state index in [0.717, 1.165) is 51.4 Å². The lowest BCUT2D eigenvalue weighted by Crippen LogP contribution is -2.32. The van der Waals surface area contributed by atoms with Crippen LogP contribution in [0.15, 0.2) is 12.2 Å². The van der Waals surface area contributed by atoms with Gasteiger partial charge in [-0.15, -0.1) is 0 Å². The van der Waals surface area contributed by atoms with Crippen molar-refractivity contribution in [3.8, 4) is 0 Å². The van der Waals surface area contributed by atoms with E-state index in [1.807, 2.05) is 6.08 Å². The molecule has 0 heterocycles. The van der Waals surface area contributed by atoms with Crippen LogP contribution in [0.4, 0.5) is 4.79 Å². The van der Waals surface area contributed by atoms with Crippen LogP contribution in [0, 0.1) is 11.8 Å². The zero-order valence-corrected chi connectivity index (χ0v) is 19.9. The smallest absolute Gasteiger partial charge is 0.435 e. The van der Waals surface area contributed by atoms with Crippen molar-refractivity contribution in [2.75, 3.05) is 19.8 Å². The number of Topliss-reactive ketones (excluding diaryl/α,β-unsaturated/α-hetero) is 2. The van der Waals surface area contributed by atoms with Crippen molar-refractivity contribution in [3.05, 3.63) is 12.2 Å². The van der Waals surface area contributed by atoms with Crippen molar-refractivity contribution in [2.45, 2.75) is 96.5 Å². The van der Waals surface area contributed by atoms with E-state index < -0.39 is 11.8 Å². The zero-order chi connectivity index (χ0) is 23.8. The lowest BCUT2D eigenvalue weighted by molar-refractivity contribution is -0.123. The highest BCUT2D eigenvalue weighted by molar-refractivity contribution is 5.83. The highest BCUT2D eigenvalue weighted by atomic mass is 16.7. The second-order valence-electron chi connectivity index (χ2n) is 8.86. The monoisotopic (exact) mass is 454 g/mol. The van der Waals surface area contributed by atoms with Crippen LogP contribution in [-0.4, -0.2) is 53.4 Å². The van der Waals surface area contributed by atoms with Gasteiger partial charge in [-0.25, -0.2) is 4.79 Å². The number of ketones is 2. The second kappa shape index (κ2) is 16.0. The zero-order valence-electron chi connectivity index (χ0n) is 19.9. The van der Waals surface area contributed by atoms with Crippen LogP contribution in [0.25, 0.3) is 0 Å². The fourth-order valence-corrected chi connectivity index (χ4v) is 4.16. The quantitative estimate of drug-likeness (QED) is 0.189. The van der Waals surface area contributed by atoms with Gasteiger partial charge in [0.1, 0.15) is 5.78 Å². The Labute approximate surface area is 192 Å². The number of unbranched alkanes of at least 4 members (excludes halogenated alkanes) is 4. The summed E-state index contributed by atoms with van der Waals surface area (Å²) in [4.78, 5) is 35.1. The van der Waals surface area contributed by atoms with Gasteiger partial charge in [0.15, 0.2) is 12.4 Å². The molecule has 1 aliphatic carbocycles. The predicted molar refractivity (Wildman–Crippen MR) is 122 cm³/mol. The number of aliphatic hydroxyl groups excluding tert-OH is 1. The van der Waals surface area contributed by atoms with Gasteiger partial charge in [0.2, 0.25) is 0 Å². The van der Waals surface area contributed by atoms with Gasteiger partial charge in [-0.1, -0.05) is 51.2 Å². The molecule has 0 aliphatic heterocycles. The first kappa shape index (κ1) is 28.3. The number of aliphatic hydroxyl groups is 2. The Morgan fingerprint density at radius 2 is 1.88 bits per heavy atom. The van der Waals surface area contributed by atoms with E-state index in [4.69, 9.17) is 4.74 Å². The fourth-order valence-electron chi connectivity index (χ4n) is 4.16. The van der Waals surface area contributed by atoms with Crippen molar-refractivity contribution in [3.63, 3.8) is 0 Å². The summed E-state index contributed by atoms with van der Waals surface area (Å²) in [5.74, 6) is 0.437. The Morgan fingerprint density at radius 1 is 1.12 bits per heavy atom. The minimum atomic E-state index is -1.07. The van der Waals surface area contributed by atoms with Gasteiger partial charge < -0.3 is 19.7 Å². The molecule has 1 rings (SSSR count). The van der Waals surface area contributed by atoms with Crippen LogP contribution in [0.1, 0.15) is 90.9 Å². The number of carbonyl (C=O) groups is 3. The fraction of sp³-hybridized carbons (Fsp3) is 0.800. The summed E-state index contributed by atoms with van der Waals surface area (Å²) in [6.45, 7) is 3.46. The highest BCUT2D eigenvalue weighted by Gasteiger charge is 2.32. The van der Waals surface area contributed by atoms with E-state index in [9.17, 15) is 24.6 Å². The second-order valence-corrected chi connectivity index (χ2v) is 8.86. The Hall–Kier alpha value is -1.73. The number of hydrogen-bond donors (Lipinski definition) is 2. The summed E-state index contributed by atoms with van der Waals surface area (Å²) >= 11 is 0. The molecule has 1 fully saturated rings. The Bertz CT molecular complexity index is 601. The molecular weight excluding hydrogens is 412 g/mol. The first-order chi connectivity index (χ1) is 15.3. The highest BCUT2D eigenvalue weighted by Crippen LogP contribution is 2.34. The first-order valence-electron chi connectivity index (χ1n) is 12.2. The lowest BCUT2D eigenvalue weighted by Gasteiger charge is -2.24. The number of hydrogen-bond acceptors (Lipinski definition) is 7. The summed E-state index contributed by atoms with van der Waals surface area (Å²) < 4.78 is 9.32. The van der Waals surface area contributed by atoms with Crippen molar-refractivity contribution in [2.24, 2.45) is 11.8 Å². The molecule has 32 heavy (non-hydrogen) atoms. The van der Waals surface area contributed by atoms with Crippen LogP contribution in [0.2, 0.25) is 0 Å². The molecule has 1 saturated carbocycles. The summed E-state index contributed by atoms with van der Waals surface area (Å²) in [6.07, 6.45) is 12.2. The molecule has 0 bridgehead atoms. The molecule has 1 unspecified atom stereocenters. The van der Waals surface area contributed by atoms with Crippen LogP contribution in [0.3, 0.4) is 0 Å². The summed E-state index contributed by atoms with van der Waals surface area (Å²) in [5.41, 5.74) is -1.07. The predicted octanol–water partition coefficient (Wildman–Crippen LogP) is 4.52. The van der Waals surface area contributed by atoms with Gasteiger partial charge >= 0.3 is 6.16 Å². The summed E-state index contributed by atoms with van der Waals surface area (Å²) in [7, 11) is 0. The van der Waals surface area contributed by atoms with E-state index in [-0.39, 0.29) is 37.4 Å². The number of rotatable bonds is 17. The van der Waals surface area contributed by atoms with Crippen molar-refractivity contribution in [1.82, 2.24) is 0 Å². The molecule has 7 nitrogen and oxygen atoms in total. The molecule has 0 aromatic carbocycles. The van der Waals surface area contributed by atoms with Crippen molar-refractivity contribution >= 4 is 17.7 Å². The average molecular weight is 455 g/mol. The Kier molecular flexibility index (Phi) is 14.1. The van der Waals surface area contributed by atoms with Crippen molar-refractivity contribution < 1.29 is 34.1 Å². The molecular formula is C25H42O7. The standard InChI is InChI=1S/C25H42O7/c1-3-5-16-25(30,19-26)17-10-11-20-14-15-23(28)22(20)13-9-7-6-8-12-21(27)18-32-24(29)31-4-2/h10-11,20,22,26,30H,3-9,12-19H2,1-2H3/t20-,22+,25?/m0/s1. The van der Waals surface area contributed by atoms with Gasteiger partial charge in [0, 0.05) is 18.8 Å². The van der Waals surface area contributed by atoms with E-state index >= 15 is 0 Å². The maximum absolute atomic E-state index is 12.3. The van der Waals surface area contributed by atoms with Gasteiger partial charge in [-0.3, -0.25) is 9.59 Å². The average Bonchev–Trinajstić information content (AvgIpc) is 3.12. The SMILES string of the molecule is CCCCC(O)(CO)CC=C[C@H]1CCC(=O)[C@@H]1CCCCCCC(=O)COC(=O)OCC. The molecule has 3 atom stereocenters. The summed E-state index contributed by atoms with van der Waals surface area (Å²) in [5, 5.41) is 20.0. The molecule has 0 saturated heterocycles. The van der Waals surface area contributed by atoms with Gasteiger partial charge in [0.05, 0.1) is 18.8 Å². The number of carbonyl (C=O) groups excluding carboxylic acids is 3. The third-order valence-corrected chi connectivity index (χ3v) is 6.16. The van der Waals surface area contributed by atoms with Crippen LogP contribution < -0.4 is 0 Å². The number of ether oxygens (including phenoxy) is 2. The van der Waals surface area contributed by atoms with Crippen molar-refractivity contribution in [1.29, 1.82) is 0 Å². The first-order valence-corrected chi connectivity index (χ1v) is 12.2.